The van der Waals surface area contributed by atoms with Crippen molar-refractivity contribution in [2.24, 2.45) is 0 Å². The molecule has 7 nitrogen and oxygen atoms in total. The molecule has 42 heavy (non-hydrogen) atoms. The van der Waals surface area contributed by atoms with Gasteiger partial charge in [-0.1, -0.05) is 62.4 Å². The van der Waals surface area contributed by atoms with Crippen molar-refractivity contribution in [3.63, 3.8) is 0 Å². The van der Waals surface area contributed by atoms with Crippen molar-refractivity contribution in [3.8, 4) is 11.5 Å². The Hall–Kier alpha value is -3.58. The Morgan fingerprint density at radius 3 is 1.74 bits per heavy atom. The number of esters is 2. The van der Waals surface area contributed by atoms with Crippen LogP contribution in [0.1, 0.15) is 95.6 Å². The van der Waals surface area contributed by atoms with Crippen LogP contribution in [0.4, 0.5) is 0 Å². The number of benzene rings is 2. The Morgan fingerprint density at radius 2 is 1.31 bits per heavy atom. The van der Waals surface area contributed by atoms with Gasteiger partial charge in [0, 0.05) is 18.3 Å². The summed E-state index contributed by atoms with van der Waals surface area (Å²) < 4.78 is 21.5. The Labute approximate surface area is 251 Å². The van der Waals surface area contributed by atoms with E-state index in [4.69, 9.17) is 18.9 Å². The van der Waals surface area contributed by atoms with Gasteiger partial charge >= 0.3 is 11.9 Å². The summed E-state index contributed by atoms with van der Waals surface area (Å²) in [5, 5.41) is 9.27. The van der Waals surface area contributed by atoms with Gasteiger partial charge in [-0.3, -0.25) is 9.59 Å². The third-order valence-electron chi connectivity index (χ3n) is 6.63. The van der Waals surface area contributed by atoms with Crippen LogP contribution in [0.3, 0.4) is 0 Å². The SMILES string of the molecule is CC/C=C/[C@H](CC(=O)OCC)c1ccc(O)cc1.CC/C=C/[C@H](CC(=O)OCC)c1ccc(OC2CCCCO2)cc1. The lowest BCUT2D eigenvalue weighted by Gasteiger charge is -2.23. The van der Waals surface area contributed by atoms with Crippen molar-refractivity contribution < 1.29 is 33.6 Å². The van der Waals surface area contributed by atoms with Gasteiger partial charge in [-0.25, -0.2) is 0 Å². The van der Waals surface area contributed by atoms with E-state index < -0.39 is 0 Å². The molecule has 0 aromatic heterocycles. The van der Waals surface area contributed by atoms with Crippen molar-refractivity contribution in [1.82, 2.24) is 0 Å². The van der Waals surface area contributed by atoms with Gasteiger partial charge in [0.15, 0.2) is 6.29 Å². The number of aromatic hydroxyl groups is 1. The first kappa shape index (κ1) is 34.6. The molecular formula is C35H48O7. The summed E-state index contributed by atoms with van der Waals surface area (Å²) in [5.41, 5.74) is 2.09. The lowest BCUT2D eigenvalue weighted by atomic mass is 9.95. The molecule has 0 aliphatic carbocycles. The molecule has 0 bridgehead atoms. The minimum Gasteiger partial charge on any atom is -0.508 e. The van der Waals surface area contributed by atoms with Gasteiger partial charge in [0.25, 0.3) is 0 Å². The van der Waals surface area contributed by atoms with Crippen LogP contribution in [0.2, 0.25) is 0 Å². The fourth-order valence-corrected chi connectivity index (χ4v) is 4.46. The molecule has 3 atom stereocenters. The zero-order valence-electron chi connectivity index (χ0n) is 25.6. The first-order chi connectivity index (χ1) is 20.4. The van der Waals surface area contributed by atoms with Crippen molar-refractivity contribution in [2.45, 2.75) is 90.8 Å². The Bertz CT molecular complexity index is 1080. The minimum absolute atomic E-state index is 0.00426. The van der Waals surface area contributed by atoms with Gasteiger partial charge < -0.3 is 24.1 Å². The maximum absolute atomic E-state index is 11.8. The number of rotatable bonds is 14. The maximum atomic E-state index is 11.8. The van der Waals surface area contributed by atoms with Gasteiger partial charge in [0.05, 0.1) is 32.7 Å². The highest BCUT2D eigenvalue weighted by molar-refractivity contribution is 5.71. The van der Waals surface area contributed by atoms with Crippen LogP contribution in [0.25, 0.3) is 0 Å². The van der Waals surface area contributed by atoms with E-state index in [2.05, 4.69) is 26.0 Å². The van der Waals surface area contributed by atoms with Crippen LogP contribution < -0.4 is 4.74 Å². The molecule has 0 spiro atoms. The lowest BCUT2D eigenvalue weighted by molar-refractivity contribution is -0.144. The van der Waals surface area contributed by atoms with E-state index in [9.17, 15) is 14.7 Å². The Kier molecular flexibility index (Phi) is 16.8. The van der Waals surface area contributed by atoms with Crippen LogP contribution in [-0.2, 0) is 23.8 Å². The first-order valence-corrected chi connectivity index (χ1v) is 15.2. The molecule has 7 heteroatoms. The molecule has 0 saturated carbocycles. The zero-order chi connectivity index (χ0) is 30.6. The van der Waals surface area contributed by atoms with Crippen LogP contribution in [0.15, 0.2) is 72.8 Å². The lowest BCUT2D eigenvalue weighted by Crippen LogP contribution is -2.24. The molecule has 2 aromatic rings. The normalized spacial score (nSPS) is 16.3. The van der Waals surface area contributed by atoms with Gasteiger partial charge in [-0.05, 0) is 74.9 Å². The number of phenolic OH excluding ortho intramolecular Hbond substituents is 1. The summed E-state index contributed by atoms with van der Waals surface area (Å²) in [5.74, 6) is 0.706. The quantitative estimate of drug-likeness (QED) is 0.179. The molecule has 0 amide bonds. The zero-order valence-corrected chi connectivity index (χ0v) is 25.6. The number of hydrogen-bond acceptors (Lipinski definition) is 7. The van der Waals surface area contributed by atoms with Crippen molar-refractivity contribution >= 4 is 11.9 Å². The largest absolute Gasteiger partial charge is 0.508 e. The number of phenols is 1. The third kappa shape index (κ3) is 13.4. The molecule has 1 fully saturated rings. The summed E-state index contributed by atoms with van der Waals surface area (Å²) in [7, 11) is 0. The molecule has 1 saturated heterocycles. The van der Waals surface area contributed by atoms with E-state index in [1.165, 1.54) is 0 Å². The average molecular weight is 581 g/mol. The molecule has 230 valence electrons. The van der Waals surface area contributed by atoms with Gasteiger partial charge in [0.1, 0.15) is 11.5 Å². The van der Waals surface area contributed by atoms with Crippen LogP contribution in [0, 0.1) is 0 Å². The van der Waals surface area contributed by atoms with E-state index in [0.717, 1.165) is 55.6 Å². The molecule has 0 radical (unpaired) electrons. The number of ether oxygens (including phenoxy) is 4. The highest BCUT2D eigenvalue weighted by Gasteiger charge is 2.17. The standard InChI is InChI=1S/C20H28O4.C15H20O3/c1-3-5-8-17(15-19(21)22-4-2)16-10-12-18(13-11-16)24-20-9-6-7-14-23-20;1-3-5-6-13(11-15(17)18-4-2)12-7-9-14(16)10-8-12/h5,8,10-13,17,20H,3-4,6-7,9,14-15H2,1-2H3;5-10,13,16H,3-4,11H2,1-2H3/b8-5+;6-5+/t17-,20?;13-/m11/s1. The second kappa shape index (κ2) is 20.3. The van der Waals surface area contributed by atoms with E-state index in [1.54, 1.807) is 19.1 Å². The summed E-state index contributed by atoms with van der Waals surface area (Å²) in [6, 6.07) is 14.9. The van der Waals surface area contributed by atoms with E-state index in [-0.39, 0.29) is 35.8 Å². The van der Waals surface area contributed by atoms with Gasteiger partial charge in [0.2, 0.25) is 0 Å². The fraction of sp³-hybridized carbons (Fsp3) is 0.486. The first-order valence-electron chi connectivity index (χ1n) is 15.2. The summed E-state index contributed by atoms with van der Waals surface area (Å²) in [4.78, 5) is 23.4. The van der Waals surface area contributed by atoms with Crippen LogP contribution in [-0.4, -0.2) is 43.2 Å². The number of allylic oxidation sites excluding steroid dienone is 4. The topological polar surface area (TPSA) is 91.3 Å². The summed E-state index contributed by atoms with van der Waals surface area (Å²) in [6.45, 7) is 9.35. The summed E-state index contributed by atoms with van der Waals surface area (Å²) in [6.07, 6.45) is 13.8. The monoisotopic (exact) mass is 580 g/mol. The predicted octanol–water partition coefficient (Wildman–Crippen LogP) is 7.99. The van der Waals surface area contributed by atoms with Crippen molar-refractivity contribution in [2.75, 3.05) is 19.8 Å². The molecule has 3 rings (SSSR count). The fourth-order valence-electron chi connectivity index (χ4n) is 4.46. The predicted molar refractivity (Wildman–Crippen MR) is 166 cm³/mol. The number of carbonyl (C=O) groups is 2. The minimum atomic E-state index is -0.198. The Balaban J connectivity index is 0.000000307. The average Bonchev–Trinajstić information content (AvgIpc) is 2.99. The Morgan fingerprint density at radius 1 is 0.810 bits per heavy atom. The maximum Gasteiger partial charge on any atom is 0.306 e. The number of hydrogen-bond donors (Lipinski definition) is 1. The molecule has 2 aromatic carbocycles. The molecule has 1 heterocycles. The van der Waals surface area contributed by atoms with E-state index >= 15 is 0 Å². The van der Waals surface area contributed by atoms with E-state index in [0.29, 0.717) is 26.1 Å². The van der Waals surface area contributed by atoms with Crippen molar-refractivity contribution in [1.29, 1.82) is 0 Å². The van der Waals surface area contributed by atoms with Crippen LogP contribution in [0.5, 0.6) is 11.5 Å². The summed E-state index contributed by atoms with van der Waals surface area (Å²) >= 11 is 0. The molecule has 1 aliphatic heterocycles. The highest BCUT2D eigenvalue weighted by atomic mass is 16.7. The highest BCUT2D eigenvalue weighted by Crippen LogP contribution is 2.27. The van der Waals surface area contributed by atoms with Gasteiger partial charge in [-0.2, -0.15) is 0 Å². The molecule has 1 N–H and O–H groups in total. The van der Waals surface area contributed by atoms with Crippen molar-refractivity contribution in [3.05, 3.63) is 84.0 Å². The molecular weight excluding hydrogens is 532 g/mol. The second-order valence-electron chi connectivity index (χ2n) is 9.98. The van der Waals surface area contributed by atoms with E-state index in [1.807, 2.05) is 55.5 Å². The third-order valence-corrected chi connectivity index (χ3v) is 6.63. The number of carbonyl (C=O) groups excluding carboxylic acids is 2. The van der Waals surface area contributed by atoms with Gasteiger partial charge in [-0.15, -0.1) is 0 Å². The molecule has 1 aliphatic rings. The smallest absolute Gasteiger partial charge is 0.306 e. The molecule has 1 unspecified atom stereocenters. The second-order valence-corrected chi connectivity index (χ2v) is 9.98. The van der Waals surface area contributed by atoms with Crippen LogP contribution >= 0.6 is 0 Å².